The van der Waals surface area contributed by atoms with Crippen molar-refractivity contribution in [1.29, 1.82) is 0 Å². The third kappa shape index (κ3) is 1.74. The number of nitrogens with zero attached hydrogens (tertiary/aromatic N) is 1. The average Bonchev–Trinajstić information content (AvgIpc) is 2.69. The molecule has 0 atom stereocenters. The van der Waals surface area contributed by atoms with Gasteiger partial charge in [0.1, 0.15) is 5.65 Å². The van der Waals surface area contributed by atoms with Gasteiger partial charge in [0.15, 0.2) is 0 Å². The molecule has 0 aliphatic carbocycles. The number of rotatable bonds is 2. The summed E-state index contributed by atoms with van der Waals surface area (Å²) in [5, 5.41) is 1.66. The molecule has 0 spiro atoms. The van der Waals surface area contributed by atoms with Crippen molar-refractivity contribution < 1.29 is 9.53 Å². The molecule has 2 aromatic heterocycles. The van der Waals surface area contributed by atoms with Gasteiger partial charge in [0.25, 0.3) is 0 Å². The van der Waals surface area contributed by atoms with Crippen molar-refractivity contribution in [2.45, 2.75) is 5.33 Å². The molecule has 1 N–H and O–H groups in total. The lowest BCUT2D eigenvalue weighted by atomic mass is 10.2. The quantitative estimate of drug-likeness (QED) is 0.672. The predicted molar refractivity (Wildman–Crippen MR) is 60.1 cm³/mol. The van der Waals surface area contributed by atoms with E-state index in [0.717, 1.165) is 21.9 Å². The number of aromatic nitrogens is 2. The largest absolute Gasteiger partial charge is 0.465 e. The molecule has 78 valence electrons. The van der Waals surface area contributed by atoms with Crippen LogP contribution in [-0.2, 0) is 10.1 Å². The Morgan fingerprint density at radius 3 is 3.13 bits per heavy atom. The topological polar surface area (TPSA) is 55.0 Å². The number of fused-ring (bicyclic) bond motifs is 1. The zero-order valence-corrected chi connectivity index (χ0v) is 9.67. The molecule has 0 bridgehead atoms. The molecule has 0 aliphatic heterocycles. The van der Waals surface area contributed by atoms with Crippen LogP contribution in [-0.4, -0.2) is 23.0 Å². The molecule has 2 rings (SSSR count). The first-order valence-corrected chi connectivity index (χ1v) is 5.48. The molecule has 4 nitrogen and oxygen atoms in total. The number of hydrogen-bond acceptors (Lipinski definition) is 3. The Morgan fingerprint density at radius 1 is 1.67 bits per heavy atom. The number of halogens is 1. The highest BCUT2D eigenvalue weighted by Gasteiger charge is 2.09. The van der Waals surface area contributed by atoms with Crippen LogP contribution < -0.4 is 0 Å². The van der Waals surface area contributed by atoms with Crippen molar-refractivity contribution in [3.8, 4) is 0 Å². The number of H-pyrrole nitrogens is 1. The van der Waals surface area contributed by atoms with Gasteiger partial charge < -0.3 is 9.72 Å². The van der Waals surface area contributed by atoms with Gasteiger partial charge in [-0.15, -0.1) is 0 Å². The van der Waals surface area contributed by atoms with Gasteiger partial charge in [0.05, 0.1) is 12.7 Å². The second-order valence-corrected chi connectivity index (χ2v) is 3.62. The summed E-state index contributed by atoms with van der Waals surface area (Å²) in [5.74, 6) is -0.369. The molecule has 0 unspecified atom stereocenters. The van der Waals surface area contributed by atoms with Crippen LogP contribution in [0.5, 0.6) is 0 Å². The minimum absolute atomic E-state index is 0.369. The molecular formula is C10H9BrN2O2. The van der Waals surface area contributed by atoms with Crippen LogP contribution >= 0.6 is 15.9 Å². The van der Waals surface area contributed by atoms with Crippen LogP contribution in [0.3, 0.4) is 0 Å². The molecule has 0 amide bonds. The molecule has 0 radical (unpaired) electrons. The molecule has 2 heterocycles. The number of methoxy groups -OCH3 is 1. The van der Waals surface area contributed by atoms with Gasteiger partial charge in [-0.25, -0.2) is 9.78 Å². The number of pyridine rings is 1. The van der Waals surface area contributed by atoms with Crippen LogP contribution in [0.4, 0.5) is 0 Å². The maximum Gasteiger partial charge on any atom is 0.339 e. The van der Waals surface area contributed by atoms with Crippen LogP contribution in [0.1, 0.15) is 15.9 Å². The van der Waals surface area contributed by atoms with E-state index < -0.39 is 0 Å². The summed E-state index contributed by atoms with van der Waals surface area (Å²) in [6, 6.07) is 1.78. The lowest BCUT2D eigenvalue weighted by Crippen LogP contribution is -2.01. The van der Waals surface area contributed by atoms with E-state index in [1.54, 1.807) is 6.07 Å². The number of ether oxygens (including phenoxy) is 1. The molecule has 0 fully saturated rings. The van der Waals surface area contributed by atoms with Gasteiger partial charge in [-0.3, -0.25) is 0 Å². The number of esters is 1. The smallest absolute Gasteiger partial charge is 0.339 e. The fourth-order valence-corrected chi connectivity index (χ4v) is 1.86. The summed E-state index contributed by atoms with van der Waals surface area (Å²) in [6.45, 7) is 0. The van der Waals surface area contributed by atoms with Crippen molar-refractivity contribution in [3.63, 3.8) is 0 Å². The molecule has 0 saturated carbocycles. The normalized spacial score (nSPS) is 10.5. The maximum atomic E-state index is 11.3. The highest BCUT2D eigenvalue weighted by Crippen LogP contribution is 2.20. The number of carbonyl (C=O) groups is 1. The number of aromatic amines is 1. The van der Waals surface area contributed by atoms with Crippen molar-refractivity contribution in [1.82, 2.24) is 9.97 Å². The molecular weight excluding hydrogens is 260 g/mol. The second kappa shape index (κ2) is 4.02. The first kappa shape index (κ1) is 10.2. The van der Waals surface area contributed by atoms with E-state index in [2.05, 4.69) is 30.6 Å². The van der Waals surface area contributed by atoms with Crippen molar-refractivity contribution in [2.75, 3.05) is 7.11 Å². The maximum absolute atomic E-state index is 11.3. The standard InChI is InChI=1S/C10H9BrN2O2/c1-15-10(14)6-2-8-7(3-11)5-13-9(8)12-4-6/h2,4-5H,3H2,1H3,(H,12,13). The summed E-state index contributed by atoms with van der Waals surface area (Å²) in [7, 11) is 1.36. The lowest BCUT2D eigenvalue weighted by molar-refractivity contribution is 0.0600. The summed E-state index contributed by atoms with van der Waals surface area (Å²) in [5.41, 5.74) is 2.31. The van der Waals surface area contributed by atoms with Gasteiger partial charge in [-0.2, -0.15) is 0 Å². The van der Waals surface area contributed by atoms with E-state index >= 15 is 0 Å². The third-order valence-corrected chi connectivity index (χ3v) is 2.79. The number of alkyl halides is 1. The minimum Gasteiger partial charge on any atom is -0.465 e. The number of hydrogen-bond donors (Lipinski definition) is 1. The van der Waals surface area contributed by atoms with Gasteiger partial charge in [0.2, 0.25) is 0 Å². The second-order valence-electron chi connectivity index (χ2n) is 3.06. The first-order chi connectivity index (χ1) is 7.26. The van der Waals surface area contributed by atoms with Gasteiger partial charge in [-0.1, -0.05) is 15.9 Å². The fourth-order valence-electron chi connectivity index (χ4n) is 1.40. The zero-order chi connectivity index (χ0) is 10.8. The summed E-state index contributed by atoms with van der Waals surface area (Å²) < 4.78 is 4.63. The molecule has 0 aliphatic rings. The number of carbonyl (C=O) groups excluding carboxylic acids is 1. The molecule has 5 heteroatoms. The Hall–Kier alpha value is -1.36. The Kier molecular flexibility index (Phi) is 2.73. The summed E-state index contributed by atoms with van der Waals surface area (Å²) in [4.78, 5) is 18.5. The van der Waals surface area contributed by atoms with E-state index in [1.807, 2.05) is 6.20 Å². The van der Waals surface area contributed by atoms with Gasteiger partial charge in [-0.05, 0) is 11.6 Å². The Balaban J connectivity index is 2.57. The van der Waals surface area contributed by atoms with Gasteiger partial charge in [0, 0.05) is 23.1 Å². The highest BCUT2D eigenvalue weighted by molar-refractivity contribution is 9.08. The highest BCUT2D eigenvalue weighted by atomic mass is 79.9. The van der Waals surface area contributed by atoms with E-state index in [9.17, 15) is 4.79 Å². The van der Waals surface area contributed by atoms with Crippen LogP contribution in [0.15, 0.2) is 18.5 Å². The Bertz CT molecular complexity index is 507. The van der Waals surface area contributed by atoms with E-state index in [1.165, 1.54) is 13.3 Å². The van der Waals surface area contributed by atoms with Crippen molar-refractivity contribution >= 4 is 32.9 Å². The van der Waals surface area contributed by atoms with Crippen LogP contribution in [0, 0.1) is 0 Å². The van der Waals surface area contributed by atoms with Gasteiger partial charge >= 0.3 is 5.97 Å². The molecule has 0 saturated heterocycles. The predicted octanol–water partition coefficient (Wildman–Crippen LogP) is 2.24. The number of nitrogens with one attached hydrogen (secondary N) is 1. The fraction of sp³-hybridized carbons (Fsp3) is 0.200. The van der Waals surface area contributed by atoms with Crippen LogP contribution in [0.2, 0.25) is 0 Å². The monoisotopic (exact) mass is 268 g/mol. The summed E-state index contributed by atoms with van der Waals surface area (Å²) >= 11 is 3.37. The third-order valence-electron chi connectivity index (χ3n) is 2.18. The average molecular weight is 269 g/mol. The van der Waals surface area contributed by atoms with E-state index in [4.69, 9.17) is 0 Å². The minimum atomic E-state index is -0.369. The van der Waals surface area contributed by atoms with E-state index in [-0.39, 0.29) is 5.97 Å². The van der Waals surface area contributed by atoms with E-state index in [0.29, 0.717) is 5.56 Å². The van der Waals surface area contributed by atoms with Crippen LogP contribution in [0.25, 0.3) is 11.0 Å². The SMILES string of the molecule is COC(=O)c1cnc2[nH]cc(CBr)c2c1. The Morgan fingerprint density at radius 2 is 2.47 bits per heavy atom. The van der Waals surface area contributed by atoms with Crippen molar-refractivity contribution in [3.05, 3.63) is 29.6 Å². The lowest BCUT2D eigenvalue weighted by Gasteiger charge is -1.99. The summed E-state index contributed by atoms with van der Waals surface area (Å²) in [6.07, 6.45) is 3.37. The molecule has 2 aromatic rings. The molecule has 15 heavy (non-hydrogen) atoms. The zero-order valence-electron chi connectivity index (χ0n) is 8.08. The molecule has 0 aromatic carbocycles. The van der Waals surface area contributed by atoms with Crippen molar-refractivity contribution in [2.24, 2.45) is 0 Å². The Labute approximate surface area is 94.8 Å². The first-order valence-electron chi connectivity index (χ1n) is 4.36.